The number of rotatable bonds is 5. The van der Waals surface area contributed by atoms with Gasteiger partial charge in [0.2, 0.25) is 0 Å². The molecule has 33 heavy (non-hydrogen) atoms. The lowest BCUT2D eigenvalue weighted by Gasteiger charge is -2.21. The van der Waals surface area contributed by atoms with Gasteiger partial charge in [0.25, 0.3) is 5.91 Å². The Morgan fingerprint density at radius 2 is 1.85 bits per heavy atom. The smallest absolute Gasteiger partial charge is 0.417 e. The largest absolute Gasteiger partial charge is 0.496 e. The molecule has 1 N–H and O–H groups in total. The fraction of sp³-hybridized carbons (Fsp3) is 0.0952. The van der Waals surface area contributed by atoms with Crippen LogP contribution in [0.1, 0.15) is 15.9 Å². The topological polar surface area (TPSA) is 80.8 Å². The third-order valence-electron chi connectivity index (χ3n) is 4.19. The molecule has 3 rings (SSSR count). The molecule has 1 heterocycles. The van der Waals surface area contributed by atoms with Gasteiger partial charge in [0.15, 0.2) is 5.75 Å². The van der Waals surface area contributed by atoms with Gasteiger partial charge in [-0.25, -0.2) is 19.1 Å². The molecule has 12 heteroatoms. The van der Waals surface area contributed by atoms with Crippen molar-refractivity contribution in [2.24, 2.45) is 0 Å². The van der Waals surface area contributed by atoms with E-state index in [1.165, 1.54) is 43.6 Å². The summed E-state index contributed by atoms with van der Waals surface area (Å²) in [6.07, 6.45) is -3.49. The third kappa shape index (κ3) is 5.32. The van der Waals surface area contributed by atoms with E-state index in [4.69, 9.17) is 21.2 Å². The number of carbonyl (C=O) groups excluding carboxylic acids is 2. The lowest BCUT2D eigenvalue weighted by molar-refractivity contribution is -0.137. The van der Waals surface area contributed by atoms with E-state index in [0.29, 0.717) is 11.0 Å². The molecule has 0 aliphatic heterocycles. The Bertz CT molecular complexity index is 1180. The molecule has 0 bridgehead atoms. The number of hydrogen-bond acceptors (Lipinski definition) is 5. The fourth-order valence-corrected chi connectivity index (χ4v) is 2.94. The van der Waals surface area contributed by atoms with Crippen molar-refractivity contribution in [3.05, 3.63) is 82.8 Å². The quantitative estimate of drug-likeness (QED) is 0.396. The van der Waals surface area contributed by atoms with E-state index >= 15 is 0 Å². The van der Waals surface area contributed by atoms with Gasteiger partial charge >= 0.3 is 12.2 Å². The van der Waals surface area contributed by atoms with Gasteiger partial charge in [-0.15, -0.1) is 0 Å². The molecule has 0 spiro atoms. The lowest BCUT2D eigenvalue weighted by atomic mass is 10.1. The van der Waals surface area contributed by atoms with Crippen LogP contribution in [0.2, 0.25) is 5.02 Å². The number of amides is 3. The van der Waals surface area contributed by atoms with E-state index in [1.54, 1.807) is 0 Å². The van der Waals surface area contributed by atoms with Crippen LogP contribution in [-0.4, -0.2) is 24.0 Å². The summed E-state index contributed by atoms with van der Waals surface area (Å²) < 4.78 is 58.6. The Balaban J connectivity index is 1.92. The average Bonchev–Trinajstić information content (AvgIpc) is 2.78. The van der Waals surface area contributed by atoms with Gasteiger partial charge in [-0.1, -0.05) is 23.7 Å². The Hall–Kier alpha value is -3.86. The molecule has 0 aliphatic carbocycles. The first kappa shape index (κ1) is 23.8. The molecule has 172 valence electrons. The number of carbonyl (C=O) groups is 2. The number of methoxy groups -OCH3 is 1. The average molecular weight is 484 g/mol. The number of ether oxygens (including phenoxy) is 1. The minimum Gasteiger partial charge on any atom is -0.496 e. The summed E-state index contributed by atoms with van der Waals surface area (Å²) in [7, 11) is 1.21. The van der Waals surface area contributed by atoms with Crippen LogP contribution in [0.25, 0.3) is 0 Å². The van der Waals surface area contributed by atoms with Crippen molar-refractivity contribution >= 4 is 29.4 Å². The second-order valence-electron chi connectivity index (χ2n) is 6.29. The second kappa shape index (κ2) is 9.74. The van der Waals surface area contributed by atoms with Crippen LogP contribution in [0.15, 0.2) is 60.8 Å². The molecular formula is C21H14ClF4N3O4. The van der Waals surface area contributed by atoms with E-state index in [1.807, 2.05) is 5.48 Å². The Morgan fingerprint density at radius 3 is 2.48 bits per heavy atom. The molecule has 2 aromatic carbocycles. The standard InChI is InChI=1S/C21H14ClF4N3O4/c1-32-16-6-4-5-15(23)18(16)19(30)29(17-7-2-3-10-27-17)20(31)28-33-12-8-9-14(22)13(11-12)21(24,25)26/h2-11H,1H3,(H,28,31). The highest BCUT2D eigenvalue weighted by molar-refractivity contribution is 6.31. The van der Waals surface area contributed by atoms with Crippen LogP contribution in [0, 0.1) is 5.82 Å². The van der Waals surface area contributed by atoms with Crippen LogP contribution < -0.4 is 20.0 Å². The summed E-state index contributed by atoms with van der Waals surface area (Å²) in [5, 5.41) is -0.571. The van der Waals surface area contributed by atoms with Gasteiger partial charge in [-0.3, -0.25) is 4.79 Å². The molecule has 0 radical (unpaired) electrons. The zero-order valence-corrected chi connectivity index (χ0v) is 17.4. The third-order valence-corrected chi connectivity index (χ3v) is 4.52. The summed E-state index contributed by atoms with van der Waals surface area (Å²) in [4.78, 5) is 35.2. The zero-order chi connectivity index (χ0) is 24.2. The van der Waals surface area contributed by atoms with Crippen molar-refractivity contribution in [2.45, 2.75) is 6.18 Å². The molecule has 1 aromatic heterocycles. The number of benzene rings is 2. The minimum atomic E-state index is -4.77. The monoisotopic (exact) mass is 483 g/mol. The van der Waals surface area contributed by atoms with Gasteiger partial charge in [-0.2, -0.15) is 18.7 Å². The van der Waals surface area contributed by atoms with Crippen molar-refractivity contribution in [1.29, 1.82) is 0 Å². The second-order valence-corrected chi connectivity index (χ2v) is 6.70. The van der Waals surface area contributed by atoms with Crippen molar-refractivity contribution in [1.82, 2.24) is 10.5 Å². The van der Waals surface area contributed by atoms with Gasteiger partial charge in [-0.05, 0) is 42.5 Å². The van der Waals surface area contributed by atoms with Gasteiger partial charge in [0, 0.05) is 6.20 Å². The molecule has 0 saturated heterocycles. The maximum Gasteiger partial charge on any atom is 0.417 e. The summed E-state index contributed by atoms with van der Waals surface area (Å²) >= 11 is 5.56. The van der Waals surface area contributed by atoms with Crippen LogP contribution in [0.3, 0.4) is 0 Å². The summed E-state index contributed by atoms with van der Waals surface area (Å²) in [5.41, 5.74) is 0.102. The maximum absolute atomic E-state index is 14.4. The summed E-state index contributed by atoms with van der Waals surface area (Å²) in [6, 6.07) is 9.18. The minimum absolute atomic E-state index is 0.151. The first-order chi connectivity index (χ1) is 15.6. The Morgan fingerprint density at radius 1 is 1.09 bits per heavy atom. The summed E-state index contributed by atoms with van der Waals surface area (Å²) in [5.74, 6) is -2.90. The molecule has 0 atom stereocenters. The van der Waals surface area contributed by atoms with E-state index in [0.717, 1.165) is 18.2 Å². The van der Waals surface area contributed by atoms with Crippen molar-refractivity contribution in [3.63, 3.8) is 0 Å². The van der Waals surface area contributed by atoms with E-state index in [9.17, 15) is 27.2 Å². The SMILES string of the molecule is COc1cccc(F)c1C(=O)N(C(=O)NOc1ccc(Cl)c(C(F)(F)F)c1)c1ccccn1. The number of hydroxylamine groups is 1. The van der Waals surface area contributed by atoms with E-state index in [2.05, 4.69) is 4.98 Å². The Kier molecular flexibility index (Phi) is 7.02. The van der Waals surface area contributed by atoms with Crippen LogP contribution >= 0.6 is 11.6 Å². The van der Waals surface area contributed by atoms with Crippen LogP contribution in [0.5, 0.6) is 11.5 Å². The van der Waals surface area contributed by atoms with Crippen molar-refractivity contribution in [3.8, 4) is 11.5 Å². The molecule has 0 aliphatic rings. The number of nitrogens with one attached hydrogen (secondary N) is 1. The number of urea groups is 1. The normalized spacial score (nSPS) is 11.0. The number of anilines is 1. The van der Waals surface area contributed by atoms with Crippen LogP contribution in [0.4, 0.5) is 28.2 Å². The first-order valence-electron chi connectivity index (χ1n) is 9.05. The maximum atomic E-state index is 14.4. The lowest BCUT2D eigenvalue weighted by Crippen LogP contribution is -2.46. The predicted octanol–water partition coefficient (Wildman–Crippen LogP) is 5.25. The van der Waals surface area contributed by atoms with Gasteiger partial charge < -0.3 is 9.57 Å². The molecular weight excluding hydrogens is 470 g/mol. The number of imide groups is 1. The highest BCUT2D eigenvalue weighted by Crippen LogP contribution is 2.36. The van der Waals surface area contributed by atoms with Gasteiger partial charge in [0.05, 0.1) is 17.7 Å². The molecule has 3 amide bonds. The number of alkyl halides is 3. The highest BCUT2D eigenvalue weighted by Gasteiger charge is 2.34. The molecule has 0 fully saturated rings. The number of hydrogen-bond donors (Lipinski definition) is 1. The predicted molar refractivity (Wildman–Crippen MR) is 110 cm³/mol. The highest BCUT2D eigenvalue weighted by atomic mass is 35.5. The Labute approximate surface area is 189 Å². The van der Waals surface area contributed by atoms with Crippen molar-refractivity contribution in [2.75, 3.05) is 12.0 Å². The number of halogens is 5. The zero-order valence-electron chi connectivity index (χ0n) is 16.7. The molecule has 3 aromatic rings. The van der Waals surface area contributed by atoms with Crippen molar-refractivity contribution < 1.29 is 36.7 Å². The van der Waals surface area contributed by atoms with E-state index in [-0.39, 0.29) is 11.6 Å². The molecule has 0 saturated carbocycles. The number of pyridine rings is 1. The molecule has 7 nitrogen and oxygen atoms in total. The summed E-state index contributed by atoms with van der Waals surface area (Å²) in [6.45, 7) is 0. The van der Waals surface area contributed by atoms with Crippen LogP contribution in [-0.2, 0) is 6.18 Å². The van der Waals surface area contributed by atoms with Gasteiger partial charge in [0.1, 0.15) is 22.9 Å². The number of nitrogens with zero attached hydrogens (tertiary/aromatic N) is 2. The fourth-order valence-electron chi connectivity index (χ4n) is 2.71. The first-order valence-corrected chi connectivity index (χ1v) is 9.43. The van der Waals surface area contributed by atoms with E-state index < -0.39 is 45.8 Å². The molecule has 0 unspecified atom stereocenters. The number of aromatic nitrogens is 1.